The molecule has 1 aliphatic heterocycles. The zero-order chi connectivity index (χ0) is 33.1. The number of nitrogens with one attached hydrogen (secondary N) is 2. The molecular weight excluding hydrogens is 628 g/mol. The number of nitrogens with zero attached hydrogens (tertiary/aromatic N) is 7. The number of halogens is 2. The lowest BCUT2D eigenvalue weighted by atomic mass is 9.94. The number of anilines is 1. The van der Waals surface area contributed by atoms with Crippen LogP contribution in [-0.4, -0.2) is 77.8 Å². The van der Waals surface area contributed by atoms with Crippen LogP contribution in [0.15, 0.2) is 53.9 Å². The third-order valence-electron chi connectivity index (χ3n) is 8.18. The number of amides is 1. The van der Waals surface area contributed by atoms with Gasteiger partial charge in [-0.2, -0.15) is 24.2 Å². The van der Waals surface area contributed by atoms with Gasteiger partial charge < -0.3 is 25.4 Å². The van der Waals surface area contributed by atoms with Crippen LogP contribution >= 0.6 is 11.8 Å². The predicted octanol–water partition coefficient (Wildman–Crippen LogP) is 4.68. The molecule has 47 heavy (non-hydrogen) atoms. The molecule has 4 heterocycles. The molecule has 248 valence electrons. The monoisotopic (exact) mass is 665 g/mol. The number of fused-ring (bicyclic) bond motifs is 1. The van der Waals surface area contributed by atoms with Crippen LogP contribution < -0.4 is 15.4 Å². The number of piperidine rings is 1. The van der Waals surface area contributed by atoms with Crippen molar-refractivity contribution in [2.75, 3.05) is 25.0 Å². The van der Waals surface area contributed by atoms with Crippen LogP contribution in [0.2, 0.25) is 0 Å². The van der Waals surface area contributed by atoms with Crippen LogP contribution in [0.5, 0.6) is 5.75 Å². The van der Waals surface area contributed by atoms with Crippen LogP contribution in [0.4, 0.5) is 14.5 Å². The molecule has 0 radical (unpaired) electrons. The lowest BCUT2D eigenvalue weighted by Crippen LogP contribution is -2.47. The number of aromatic nitrogens is 5. The van der Waals surface area contributed by atoms with Crippen LogP contribution in [0.3, 0.4) is 0 Å². The van der Waals surface area contributed by atoms with Gasteiger partial charge in [-0.25, -0.2) is 9.50 Å². The Morgan fingerprint density at radius 2 is 2.04 bits per heavy atom. The van der Waals surface area contributed by atoms with Gasteiger partial charge in [0.1, 0.15) is 18.0 Å². The van der Waals surface area contributed by atoms with E-state index in [2.05, 4.69) is 31.9 Å². The van der Waals surface area contributed by atoms with Crippen molar-refractivity contribution in [2.24, 2.45) is 5.41 Å². The molecule has 1 saturated heterocycles. The van der Waals surface area contributed by atoms with Crippen LogP contribution in [0, 0.1) is 16.7 Å². The Hall–Kier alpha value is -4.26. The van der Waals surface area contributed by atoms with Gasteiger partial charge in [0.2, 0.25) is 5.91 Å². The van der Waals surface area contributed by atoms with E-state index >= 15 is 0 Å². The van der Waals surface area contributed by atoms with Gasteiger partial charge >= 0.3 is 6.61 Å². The van der Waals surface area contributed by atoms with Gasteiger partial charge in [0.15, 0.2) is 11.9 Å². The highest BCUT2D eigenvalue weighted by molar-refractivity contribution is 8.00. The quantitative estimate of drug-likeness (QED) is 0.172. The smallest absolute Gasteiger partial charge is 0.387 e. The summed E-state index contributed by atoms with van der Waals surface area (Å²) in [5.74, 6) is -0.211. The highest BCUT2D eigenvalue weighted by Gasteiger charge is 2.28. The zero-order valence-corrected chi connectivity index (χ0v) is 27.0. The highest BCUT2D eigenvalue weighted by atomic mass is 32.2. The topological polar surface area (TPSA) is 146 Å². The first-order valence-corrected chi connectivity index (χ1v) is 16.4. The van der Waals surface area contributed by atoms with Crippen molar-refractivity contribution in [1.82, 2.24) is 34.6 Å². The molecule has 15 heteroatoms. The number of carbonyl (C=O) groups is 1. The Morgan fingerprint density at radius 1 is 1.26 bits per heavy atom. The minimum absolute atomic E-state index is 0.0685. The molecule has 12 nitrogen and oxygen atoms in total. The summed E-state index contributed by atoms with van der Waals surface area (Å²) < 4.78 is 34.9. The average Bonchev–Trinajstić information content (AvgIpc) is 3.62. The fourth-order valence-electron chi connectivity index (χ4n) is 5.43. The van der Waals surface area contributed by atoms with Gasteiger partial charge in [-0.1, -0.05) is 0 Å². The van der Waals surface area contributed by atoms with Crippen molar-refractivity contribution in [3.8, 4) is 23.1 Å². The predicted molar refractivity (Wildman–Crippen MR) is 172 cm³/mol. The van der Waals surface area contributed by atoms with Gasteiger partial charge in [0.25, 0.3) is 0 Å². The molecule has 6 rings (SSSR count). The Bertz CT molecular complexity index is 1760. The molecule has 4 aromatic rings. The van der Waals surface area contributed by atoms with Gasteiger partial charge in [0, 0.05) is 60.0 Å². The molecule has 3 N–H and O–H groups in total. The number of hydrogen-bond donors (Lipinski definition) is 3. The maximum Gasteiger partial charge on any atom is 0.387 e. The van der Waals surface area contributed by atoms with E-state index < -0.39 is 18.3 Å². The van der Waals surface area contributed by atoms with E-state index in [-0.39, 0.29) is 29.9 Å². The fraction of sp³-hybridized carbons (Fsp3) is 0.469. The van der Waals surface area contributed by atoms with Crippen molar-refractivity contribution in [2.45, 2.75) is 75.1 Å². The van der Waals surface area contributed by atoms with Gasteiger partial charge in [-0.05, 0) is 63.8 Å². The summed E-state index contributed by atoms with van der Waals surface area (Å²) in [6.07, 6.45) is 8.77. The van der Waals surface area contributed by atoms with Crippen LogP contribution in [0.1, 0.15) is 51.3 Å². The first kappa shape index (κ1) is 32.7. The number of thioether (sulfide) groups is 1. The third kappa shape index (κ3) is 8.01. The summed E-state index contributed by atoms with van der Waals surface area (Å²) in [5.41, 5.74) is 1.24. The van der Waals surface area contributed by atoms with Crippen LogP contribution in [0.25, 0.3) is 16.9 Å². The SMILES string of the molecule is CC(C)(C#N)CNC1CCN(C(=O)Cn2cc(NC(O)c3cnn4cccnc34)c(-c3cc(SC4CC4)ccc3OC(F)F)n2)CC1. The van der Waals surface area contributed by atoms with E-state index in [9.17, 15) is 23.9 Å². The number of rotatable bonds is 13. The Balaban J connectivity index is 1.25. The molecule has 1 aliphatic carbocycles. The molecule has 0 bridgehead atoms. The molecule has 1 unspecified atom stereocenters. The van der Waals surface area contributed by atoms with E-state index in [0.29, 0.717) is 47.3 Å². The van der Waals surface area contributed by atoms with Gasteiger partial charge in [-0.15, -0.1) is 11.8 Å². The molecule has 2 aliphatic rings. The summed E-state index contributed by atoms with van der Waals surface area (Å²) >= 11 is 1.66. The van der Waals surface area contributed by atoms with Gasteiger partial charge in [0.05, 0.1) is 28.9 Å². The summed E-state index contributed by atoms with van der Waals surface area (Å²) in [7, 11) is 0. The zero-order valence-electron chi connectivity index (χ0n) is 26.1. The molecule has 3 aromatic heterocycles. The molecule has 0 spiro atoms. The number of carbonyl (C=O) groups excluding carboxylic acids is 1. The first-order chi connectivity index (χ1) is 22.6. The Morgan fingerprint density at radius 3 is 2.77 bits per heavy atom. The van der Waals surface area contributed by atoms with Gasteiger partial charge in [-0.3, -0.25) is 9.48 Å². The largest absolute Gasteiger partial charge is 0.434 e. The molecule has 1 aromatic carbocycles. The molecule has 2 fully saturated rings. The standard InChI is InChI=1S/C32H37F2N9O3S/c1-32(2,18-35)19-37-20-8-12-41(13-9-20)27(44)17-42-16-25(39-30(45)24-15-38-43-11-3-10-36-29(24)43)28(40-42)23-14-22(47-21-4-5-21)6-7-26(23)46-31(33)34/h3,6-7,10-11,14-16,20-21,30-31,37,39,45H,4-5,8-9,12-13,17,19H2,1-2H3. The van der Waals surface area contributed by atoms with Crippen molar-refractivity contribution in [3.63, 3.8) is 0 Å². The first-order valence-electron chi connectivity index (χ1n) is 15.6. The number of aliphatic hydroxyl groups is 1. The number of aliphatic hydroxyl groups excluding tert-OH is 1. The van der Waals surface area contributed by atoms with Crippen molar-refractivity contribution in [3.05, 3.63) is 54.6 Å². The number of nitriles is 1. The Kier molecular flexibility index (Phi) is 9.62. The fourth-order valence-corrected chi connectivity index (χ4v) is 6.51. The lowest BCUT2D eigenvalue weighted by Gasteiger charge is -2.33. The highest BCUT2D eigenvalue weighted by Crippen LogP contribution is 2.43. The normalized spacial score (nSPS) is 16.4. The average molecular weight is 666 g/mol. The Labute approximate surface area is 275 Å². The third-order valence-corrected chi connectivity index (χ3v) is 9.52. The van der Waals surface area contributed by atoms with Crippen LogP contribution in [-0.2, 0) is 11.3 Å². The summed E-state index contributed by atoms with van der Waals surface area (Å²) in [5, 5.41) is 36.4. The van der Waals surface area contributed by atoms with E-state index in [1.807, 2.05) is 13.8 Å². The second-order valence-corrected chi connectivity index (χ2v) is 13.9. The number of hydrogen-bond acceptors (Lipinski definition) is 10. The summed E-state index contributed by atoms with van der Waals surface area (Å²) in [4.78, 5) is 20.4. The van der Waals surface area contributed by atoms with E-state index in [4.69, 9.17) is 4.74 Å². The van der Waals surface area contributed by atoms with Crippen molar-refractivity contribution >= 4 is 29.0 Å². The van der Waals surface area contributed by atoms with Crippen molar-refractivity contribution in [1.29, 1.82) is 5.26 Å². The van der Waals surface area contributed by atoms with E-state index in [1.165, 1.54) is 21.5 Å². The molecule has 1 amide bonds. The molecular formula is C32H37F2N9O3S. The number of alkyl halides is 2. The molecule has 1 saturated carbocycles. The maximum atomic E-state index is 13.5. The minimum atomic E-state index is -3.06. The number of benzene rings is 1. The minimum Gasteiger partial charge on any atom is -0.434 e. The lowest BCUT2D eigenvalue weighted by molar-refractivity contribution is -0.133. The summed E-state index contributed by atoms with van der Waals surface area (Å²) in [6.45, 7) is 2.30. The van der Waals surface area contributed by atoms with Crippen molar-refractivity contribution < 1.29 is 23.4 Å². The summed E-state index contributed by atoms with van der Waals surface area (Å²) in [6, 6.07) is 9.23. The number of likely N-dealkylation sites (tertiary alicyclic amines) is 1. The number of ether oxygens (including phenoxy) is 1. The maximum absolute atomic E-state index is 13.5. The second kappa shape index (κ2) is 13.8. The second-order valence-electron chi connectivity index (χ2n) is 12.5. The van der Waals surface area contributed by atoms with E-state index in [1.54, 1.807) is 53.5 Å². The molecule has 1 atom stereocenters. The van der Waals surface area contributed by atoms with E-state index in [0.717, 1.165) is 30.6 Å².